The van der Waals surface area contributed by atoms with E-state index in [0.717, 1.165) is 31.6 Å². The Morgan fingerprint density at radius 1 is 0.886 bits per heavy atom. The minimum atomic E-state index is -0.300. The molecule has 194 valence electrons. The highest BCUT2D eigenvalue weighted by Gasteiger charge is 2.71. The van der Waals surface area contributed by atoms with Crippen LogP contribution in [0.5, 0.6) is 0 Å². The molecule has 0 aromatic rings. The molecule has 0 saturated heterocycles. The summed E-state index contributed by atoms with van der Waals surface area (Å²) in [7, 11) is 1.92. The monoisotopic (exact) mass is 478 g/mol. The smallest absolute Gasteiger partial charge is 0.211 e. The van der Waals surface area contributed by atoms with Crippen molar-refractivity contribution in [3.8, 4) is 12.3 Å². The van der Waals surface area contributed by atoms with Crippen molar-refractivity contribution in [1.82, 2.24) is 0 Å². The third-order valence-electron chi connectivity index (χ3n) is 13.9. The molecule has 5 fully saturated rings. The van der Waals surface area contributed by atoms with Crippen LogP contribution >= 0.6 is 0 Å². The zero-order valence-corrected chi connectivity index (χ0v) is 23.6. The van der Waals surface area contributed by atoms with E-state index in [4.69, 9.17) is 11.2 Å². The van der Waals surface area contributed by atoms with Crippen LogP contribution in [0.4, 0.5) is 0 Å². The minimum Gasteiger partial charge on any atom is -0.381 e. The zero-order valence-electron chi connectivity index (χ0n) is 23.6. The lowest BCUT2D eigenvalue weighted by Gasteiger charge is -2.73. The topological polar surface area (TPSA) is 26.3 Å². The normalized spacial score (nSPS) is 52.3. The maximum atomic E-state index is 13.4. The van der Waals surface area contributed by atoms with Gasteiger partial charge in [-0.3, -0.25) is 4.79 Å². The molecule has 0 N–H and O–H groups in total. The quantitative estimate of drug-likeness (QED) is 0.234. The Morgan fingerprint density at radius 2 is 1.60 bits per heavy atom. The molecule has 2 heteroatoms. The van der Waals surface area contributed by atoms with Crippen LogP contribution in [0.2, 0.25) is 0 Å². The van der Waals surface area contributed by atoms with Gasteiger partial charge in [-0.1, -0.05) is 46.8 Å². The summed E-state index contributed by atoms with van der Waals surface area (Å²) in [5, 5.41) is 0. The Labute approximate surface area is 215 Å². The third kappa shape index (κ3) is 3.03. The summed E-state index contributed by atoms with van der Waals surface area (Å²) in [6.07, 6.45) is 18.0. The highest BCUT2D eigenvalue weighted by molar-refractivity contribution is 6.00. The Balaban J connectivity index is 1.56. The SMILES string of the molecule is C#CC(=O)[C@]12CC[C@@H](C(=C)C)[C@@H]1[C@H]1CC[C@@H]3[C@@]4(C)CC[C@H](OC)C(C)(C)[C@@H]4CC[C@@]3(C)[C@]1(C)CC2. The number of ketones is 1. The Bertz CT molecular complexity index is 955. The first-order valence-corrected chi connectivity index (χ1v) is 14.5. The molecular formula is C33H50O2. The lowest BCUT2D eigenvalue weighted by atomic mass is 9.32. The van der Waals surface area contributed by atoms with E-state index >= 15 is 0 Å². The lowest BCUT2D eigenvalue weighted by Crippen LogP contribution is -2.67. The minimum absolute atomic E-state index is 0.0934. The first-order valence-electron chi connectivity index (χ1n) is 14.5. The van der Waals surface area contributed by atoms with Crippen LogP contribution in [0.3, 0.4) is 0 Å². The van der Waals surface area contributed by atoms with Crippen LogP contribution in [0, 0.1) is 69.0 Å². The largest absolute Gasteiger partial charge is 0.381 e. The molecule has 5 rings (SSSR count). The number of hydrogen-bond donors (Lipinski definition) is 0. The number of methoxy groups -OCH3 is 1. The fraction of sp³-hybridized carbons (Fsp3) is 0.848. The van der Waals surface area contributed by atoms with Gasteiger partial charge in [0.1, 0.15) is 0 Å². The molecule has 5 aliphatic carbocycles. The Hall–Kier alpha value is -1.07. The second-order valence-electron chi connectivity index (χ2n) is 14.9. The molecule has 0 unspecified atom stereocenters. The molecule has 2 nitrogen and oxygen atoms in total. The Kier molecular flexibility index (Phi) is 5.82. The first kappa shape index (κ1) is 25.6. The number of hydrogen-bond acceptors (Lipinski definition) is 2. The van der Waals surface area contributed by atoms with Crippen molar-refractivity contribution in [2.45, 2.75) is 112 Å². The molecule has 0 aliphatic heterocycles. The molecule has 35 heavy (non-hydrogen) atoms. The number of rotatable bonds is 3. The number of Topliss-reactive ketones (excluding diaryl/α,β-unsaturated/α-hetero) is 1. The van der Waals surface area contributed by atoms with Crippen LogP contribution in [0.1, 0.15) is 106 Å². The second kappa shape index (κ2) is 7.96. The van der Waals surface area contributed by atoms with E-state index in [9.17, 15) is 4.79 Å². The number of ether oxygens (including phenoxy) is 1. The summed E-state index contributed by atoms with van der Waals surface area (Å²) < 4.78 is 6.04. The van der Waals surface area contributed by atoms with Gasteiger partial charge in [-0.15, -0.1) is 6.42 Å². The van der Waals surface area contributed by atoms with Crippen molar-refractivity contribution in [1.29, 1.82) is 0 Å². The van der Waals surface area contributed by atoms with Crippen LogP contribution in [0.15, 0.2) is 12.2 Å². The molecule has 5 saturated carbocycles. The molecule has 0 amide bonds. The molecule has 0 aromatic heterocycles. The summed E-state index contributed by atoms with van der Waals surface area (Å²) in [6.45, 7) is 19.5. The van der Waals surface area contributed by atoms with Crippen molar-refractivity contribution in [2.24, 2.45) is 56.7 Å². The van der Waals surface area contributed by atoms with Gasteiger partial charge in [-0.2, -0.15) is 0 Å². The first-order chi connectivity index (χ1) is 16.3. The summed E-state index contributed by atoms with van der Waals surface area (Å²) >= 11 is 0. The predicted octanol–water partition coefficient (Wildman–Crippen LogP) is 7.86. The summed E-state index contributed by atoms with van der Waals surface area (Å²) in [4.78, 5) is 13.4. The van der Waals surface area contributed by atoms with Gasteiger partial charge < -0.3 is 4.74 Å². The molecular weight excluding hydrogens is 428 g/mol. The van der Waals surface area contributed by atoms with Crippen LogP contribution < -0.4 is 0 Å². The maximum absolute atomic E-state index is 13.4. The summed E-state index contributed by atoms with van der Waals surface area (Å²) in [6, 6.07) is 0. The highest BCUT2D eigenvalue weighted by Crippen LogP contribution is 2.77. The van der Waals surface area contributed by atoms with Crippen molar-refractivity contribution < 1.29 is 9.53 Å². The molecule has 10 atom stereocenters. The predicted molar refractivity (Wildman–Crippen MR) is 144 cm³/mol. The second-order valence-corrected chi connectivity index (χ2v) is 14.9. The standard InChI is InChI=1S/C33H50O2/c1-10-26(34)33-18-13-22(21(2)3)28(33)23-11-12-25-30(6)16-15-27(35-9)29(4,5)24(30)14-17-32(25,8)31(23,7)19-20-33/h1,22-25,27-28H,2,11-20H2,3-9H3/t22-,23+,24-,25+,27-,28+,30-,31+,32+,33+/m0/s1. The Morgan fingerprint density at radius 3 is 2.23 bits per heavy atom. The van der Waals surface area contributed by atoms with E-state index in [1.807, 2.05) is 7.11 Å². The number of fused-ring (bicyclic) bond motifs is 7. The van der Waals surface area contributed by atoms with Gasteiger partial charge in [0.05, 0.1) is 6.10 Å². The molecule has 0 bridgehead atoms. The van der Waals surface area contributed by atoms with Crippen LogP contribution in [-0.4, -0.2) is 19.0 Å². The average Bonchev–Trinajstić information content (AvgIpc) is 3.20. The van der Waals surface area contributed by atoms with Crippen molar-refractivity contribution >= 4 is 5.78 Å². The van der Waals surface area contributed by atoms with Crippen LogP contribution in [-0.2, 0) is 9.53 Å². The van der Waals surface area contributed by atoms with Gasteiger partial charge in [0.25, 0.3) is 0 Å². The van der Waals surface area contributed by atoms with Crippen molar-refractivity contribution in [2.75, 3.05) is 7.11 Å². The van der Waals surface area contributed by atoms with E-state index in [1.165, 1.54) is 44.1 Å². The molecule has 5 aliphatic rings. The van der Waals surface area contributed by atoms with E-state index in [2.05, 4.69) is 54.0 Å². The molecule has 0 heterocycles. The number of carbonyl (C=O) groups excluding carboxylic acids is 1. The molecule has 0 radical (unpaired) electrons. The zero-order chi connectivity index (χ0) is 25.6. The van der Waals surface area contributed by atoms with Gasteiger partial charge in [-0.25, -0.2) is 0 Å². The fourth-order valence-electron chi connectivity index (χ4n) is 12.1. The van der Waals surface area contributed by atoms with E-state index in [-0.39, 0.29) is 22.0 Å². The van der Waals surface area contributed by atoms with Gasteiger partial charge >= 0.3 is 0 Å². The summed E-state index contributed by atoms with van der Waals surface area (Å²) in [5.41, 5.74) is 2.13. The third-order valence-corrected chi connectivity index (χ3v) is 13.9. The van der Waals surface area contributed by atoms with Gasteiger partial charge in [0, 0.05) is 12.5 Å². The van der Waals surface area contributed by atoms with E-state index < -0.39 is 0 Å². The summed E-state index contributed by atoms with van der Waals surface area (Å²) in [5.74, 6) is 5.56. The number of carbonyl (C=O) groups is 1. The fourth-order valence-corrected chi connectivity index (χ4v) is 12.1. The van der Waals surface area contributed by atoms with E-state index in [1.54, 1.807) is 0 Å². The van der Waals surface area contributed by atoms with Gasteiger partial charge in [0.15, 0.2) is 0 Å². The average molecular weight is 479 g/mol. The van der Waals surface area contributed by atoms with Crippen LogP contribution in [0.25, 0.3) is 0 Å². The number of terminal acetylenes is 1. The van der Waals surface area contributed by atoms with E-state index in [0.29, 0.717) is 40.6 Å². The highest BCUT2D eigenvalue weighted by atomic mass is 16.5. The molecule has 0 aromatic carbocycles. The molecule has 0 spiro atoms. The van der Waals surface area contributed by atoms with Gasteiger partial charge in [0.2, 0.25) is 5.78 Å². The van der Waals surface area contributed by atoms with Crippen molar-refractivity contribution in [3.05, 3.63) is 12.2 Å². The lowest BCUT2D eigenvalue weighted by molar-refractivity contribution is -0.247. The van der Waals surface area contributed by atoms with Crippen molar-refractivity contribution in [3.63, 3.8) is 0 Å². The van der Waals surface area contributed by atoms with Gasteiger partial charge in [-0.05, 0) is 128 Å². The maximum Gasteiger partial charge on any atom is 0.211 e. The number of allylic oxidation sites excluding steroid dienone is 1.